The quantitative estimate of drug-likeness (QED) is 0.746. The van der Waals surface area contributed by atoms with E-state index in [9.17, 15) is 9.59 Å². The number of ether oxygens (including phenoxy) is 1. The van der Waals surface area contributed by atoms with Gasteiger partial charge in [0, 0.05) is 5.69 Å². The van der Waals surface area contributed by atoms with Crippen molar-refractivity contribution in [1.82, 2.24) is 14.6 Å². The van der Waals surface area contributed by atoms with E-state index in [1.165, 1.54) is 23.0 Å². The standard InChI is InChI=1S/C13H10N4O3S/c1-20-12(19)8-3-2-4-9(5-8)15-11(18)10-6-17-13(16-10)21-7-14-17/h2-7H,1H3,(H,15,18). The third kappa shape index (κ3) is 2.61. The molecule has 7 nitrogen and oxygen atoms in total. The fourth-order valence-corrected chi connectivity index (χ4v) is 2.39. The first-order valence-corrected chi connectivity index (χ1v) is 6.84. The molecule has 2 heterocycles. The lowest BCUT2D eigenvalue weighted by atomic mass is 10.2. The molecule has 1 N–H and O–H groups in total. The van der Waals surface area contributed by atoms with Crippen molar-refractivity contribution in [3.8, 4) is 0 Å². The van der Waals surface area contributed by atoms with Crippen LogP contribution < -0.4 is 5.32 Å². The number of hydrogen-bond acceptors (Lipinski definition) is 6. The lowest BCUT2D eigenvalue weighted by Gasteiger charge is -2.05. The second kappa shape index (κ2) is 5.33. The number of rotatable bonds is 3. The van der Waals surface area contributed by atoms with Crippen molar-refractivity contribution in [2.45, 2.75) is 0 Å². The molecule has 0 aliphatic heterocycles. The summed E-state index contributed by atoms with van der Waals surface area (Å²) in [5, 5.41) is 6.69. The minimum atomic E-state index is -0.460. The largest absolute Gasteiger partial charge is 0.465 e. The normalized spacial score (nSPS) is 10.5. The molecule has 0 fully saturated rings. The Morgan fingerprint density at radius 3 is 3.00 bits per heavy atom. The molecule has 1 aromatic carbocycles. The van der Waals surface area contributed by atoms with E-state index in [4.69, 9.17) is 0 Å². The van der Waals surface area contributed by atoms with Gasteiger partial charge in [-0.1, -0.05) is 17.4 Å². The van der Waals surface area contributed by atoms with Crippen molar-refractivity contribution in [1.29, 1.82) is 0 Å². The zero-order valence-corrected chi connectivity index (χ0v) is 11.8. The van der Waals surface area contributed by atoms with E-state index in [-0.39, 0.29) is 11.6 Å². The maximum atomic E-state index is 12.1. The van der Waals surface area contributed by atoms with Gasteiger partial charge in [0.25, 0.3) is 5.91 Å². The molecule has 0 spiro atoms. The topological polar surface area (TPSA) is 85.6 Å². The molecule has 21 heavy (non-hydrogen) atoms. The van der Waals surface area contributed by atoms with Gasteiger partial charge in [-0.3, -0.25) is 4.79 Å². The second-order valence-electron chi connectivity index (χ2n) is 4.12. The number of nitrogens with zero attached hydrogens (tertiary/aromatic N) is 3. The van der Waals surface area contributed by atoms with Gasteiger partial charge in [-0.15, -0.1) is 0 Å². The highest BCUT2D eigenvalue weighted by atomic mass is 32.1. The van der Waals surface area contributed by atoms with Crippen LogP contribution in [0.4, 0.5) is 5.69 Å². The molecule has 0 aliphatic rings. The zero-order chi connectivity index (χ0) is 14.8. The third-order valence-electron chi connectivity index (χ3n) is 2.76. The van der Waals surface area contributed by atoms with E-state index in [1.54, 1.807) is 36.0 Å². The molecule has 2 aromatic heterocycles. The van der Waals surface area contributed by atoms with Crippen LogP contribution in [0, 0.1) is 0 Å². The van der Waals surface area contributed by atoms with Crippen molar-refractivity contribution in [3.05, 3.63) is 47.2 Å². The van der Waals surface area contributed by atoms with Crippen LogP contribution >= 0.6 is 11.3 Å². The van der Waals surface area contributed by atoms with Gasteiger partial charge in [0.15, 0.2) is 0 Å². The number of fused-ring (bicyclic) bond motifs is 1. The van der Waals surface area contributed by atoms with E-state index in [0.29, 0.717) is 16.2 Å². The van der Waals surface area contributed by atoms with Gasteiger partial charge < -0.3 is 10.1 Å². The number of anilines is 1. The van der Waals surface area contributed by atoms with Crippen LogP contribution in [0.2, 0.25) is 0 Å². The maximum Gasteiger partial charge on any atom is 0.337 e. The Labute approximate surface area is 123 Å². The fourth-order valence-electron chi connectivity index (χ4n) is 1.79. The molecule has 106 valence electrons. The molecule has 0 radical (unpaired) electrons. The van der Waals surface area contributed by atoms with Crippen molar-refractivity contribution in [2.75, 3.05) is 12.4 Å². The van der Waals surface area contributed by atoms with Crippen LogP contribution in [-0.2, 0) is 4.74 Å². The first-order chi connectivity index (χ1) is 10.2. The average Bonchev–Trinajstić information content (AvgIpc) is 3.08. The Kier molecular flexibility index (Phi) is 3.36. The molecule has 0 atom stereocenters. The molecule has 0 aliphatic carbocycles. The summed E-state index contributed by atoms with van der Waals surface area (Å²) in [6, 6.07) is 6.49. The summed E-state index contributed by atoms with van der Waals surface area (Å²) < 4.78 is 6.17. The first kappa shape index (κ1) is 13.3. The van der Waals surface area contributed by atoms with E-state index in [2.05, 4.69) is 20.1 Å². The van der Waals surface area contributed by atoms with Gasteiger partial charge in [0.1, 0.15) is 11.2 Å². The predicted molar refractivity (Wildman–Crippen MR) is 76.6 cm³/mol. The van der Waals surface area contributed by atoms with Crippen molar-refractivity contribution < 1.29 is 14.3 Å². The van der Waals surface area contributed by atoms with Crippen LogP contribution in [0.15, 0.2) is 36.0 Å². The van der Waals surface area contributed by atoms with Crippen LogP contribution in [0.1, 0.15) is 20.8 Å². The highest BCUT2D eigenvalue weighted by Gasteiger charge is 2.13. The number of esters is 1. The maximum absolute atomic E-state index is 12.1. The Morgan fingerprint density at radius 2 is 2.24 bits per heavy atom. The molecular weight excluding hydrogens is 292 g/mol. The number of benzene rings is 1. The van der Waals surface area contributed by atoms with E-state index >= 15 is 0 Å². The Balaban J connectivity index is 1.81. The summed E-state index contributed by atoms with van der Waals surface area (Å²) in [4.78, 5) is 28.4. The number of hydrogen-bond donors (Lipinski definition) is 1. The number of nitrogens with one attached hydrogen (secondary N) is 1. The van der Waals surface area contributed by atoms with Gasteiger partial charge in [-0.2, -0.15) is 5.10 Å². The summed E-state index contributed by atoms with van der Waals surface area (Å²) in [5.74, 6) is -0.826. The smallest absolute Gasteiger partial charge is 0.337 e. The Morgan fingerprint density at radius 1 is 1.38 bits per heavy atom. The molecule has 0 unspecified atom stereocenters. The van der Waals surface area contributed by atoms with E-state index in [1.807, 2.05) is 0 Å². The summed E-state index contributed by atoms with van der Waals surface area (Å²) in [6.45, 7) is 0. The van der Waals surface area contributed by atoms with Crippen LogP contribution in [0.5, 0.6) is 0 Å². The van der Waals surface area contributed by atoms with Crippen LogP contribution in [0.25, 0.3) is 4.96 Å². The molecule has 3 aromatic rings. The minimum Gasteiger partial charge on any atom is -0.465 e. The lowest BCUT2D eigenvalue weighted by molar-refractivity contribution is 0.0600. The van der Waals surface area contributed by atoms with Gasteiger partial charge in [0.2, 0.25) is 4.96 Å². The molecule has 8 heteroatoms. The van der Waals surface area contributed by atoms with Gasteiger partial charge in [0.05, 0.1) is 18.9 Å². The molecular formula is C13H10N4O3S. The van der Waals surface area contributed by atoms with Crippen LogP contribution in [-0.4, -0.2) is 33.6 Å². The van der Waals surface area contributed by atoms with Gasteiger partial charge >= 0.3 is 5.97 Å². The average molecular weight is 302 g/mol. The zero-order valence-electron chi connectivity index (χ0n) is 10.9. The van der Waals surface area contributed by atoms with Crippen molar-refractivity contribution >= 4 is 33.9 Å². The number of carbonyl (C=O) groups excluding carboxylic acids is 2. The molecule has 0 bridgehead atoms. The number of amides is 1. The number of aromatic nitrogens is 3. The molecule has 0 saturated heterocycles. The lowest BCUT2D eigenvalue weighted by Crippen LogP contribution is -2.13. The summed E-state index contributed by atoms with van der Waals surface area (Å²) in [5.41, 5.74) is 2.76. The fraction of sp³-hybridized carbons (Fsp3) is 0.0769. The summed E-state index contributed by atoms with van der Waals surface area (Å²) in [7, 11) is 1.30. The van der Waals surface area contributed by atoms with E-state index in [0.717, 1.165) is 0 Å². The predicted octanol–water partition coefficient (Wildman–Crippen LogP) is 1.83. The van der Waals surface area contributed by atoms with Crippen LogP contribution in [0.3, 0.4) is 0 Å². The van der Waals surface area contributed by atoms with Crippen molar-refractivity contribution in [3.63, 3.8) is 0 Å². The van der Waals surface area contributed by atoms with E-state index < -0.39 is 5.97 Å². The highest BCUT2D eigenvalue weighted by Crippen LogP contribution is 2.14. The number of methoxy groups -OCH3 is 1. The monoisotopic (exact) mass is 302 g/mol. The number of imidazole rings is 1. The SMILES string of the molecule is COC(=O)c1cccc(NC(=O)c2cn3ncsc3n2)c1. The first-order valence-electron chi connectivity index (χ1n) is 5.96. The van der Waals surface area contributed by atoms with Gasteiger partial charge in [-0.05, 0) is 18.2 Å². The minimum absolute atomic E-state index is 0.262. The Hall–Kier alpha value is -2.74. The Bertz CT molecular complexity index is 795. The number of carbonyl (C=O) groups is 2. The van der Waals surface area contributed by atoms with Crippen molar-refractivity contribution in [2.24, 2.45) is 0 Å². The molecule has 1 amide bonds. The third-order valence-corrected chi connectivity index (χ3v) is 3.45. The van der Waals surface area contributed by atoms with Gasteiger partial charge in [-0.25, -0.2) is 14.3 Å². The molecule has 3 rings (SSSR count). The summed E-state index contributed by atoms with van der Waals surface area (Å²) in [6.07, 6.45) is 1.55. The molecule has 0 saturated carbocycles. The highest BCUT2D eigenvalue weighted by molar-refractivity contribution is 7.14. The summed E-state index contributed by atoms with van der Waals surface area (Å²) >= 11 is 1.34. The second-order valence-corrected chi connectivity index (χ2v) is 4.93.